The van der Waals surface area contributed by atoms with E-state index >= 15 is 0 Å². The van der Waals surface area contributed by atoms with Crippen molar-refractivity contribution in [1.82, 2.24) is 4.90 Å². The maximum Gasteiger partial charge on any atom is 0.414 e. The van der Waals surface area contributed by atoms with E-state index in [1.807, 2.05) is 0 Å². The number of hydrogen-bond donors (Lipinski definition) is 0. The van der Waals surface area contributed by atoms with Crippen molar-refractivity contribution in [2.24, 2.45) is 0 Å². The van der Waals surface area contributed by atoms with Gasteiger partial charge in [-0.15, -0.1) is 0 Å². The predicted molar refractivity (Wildman–Crippen MR) is 103 cm³/mol. The molecule has 1 heterocycles. The minimum atomic E-state index is -1.08. The van der Waals surface area contributed by atoms with E-state index < -0.39 is 34.0 Å². The van der Waals surface area contributed by atoms with Gasteiger partial charge in [0.1, 0.15) is 17.1 Å². The van der Waals surface area contributed by atoms with Crippen LogP contribution in [0, 0.1) is 28.7 Å². The molecule has 1 amide bonds. The zero-order valence-electron chi connectivity index (χ0n) is 16.2. The van der Waals surface area contributed by atoms with Crippen molar-refractivity contribution < 1.29 is 27.7 Å². The summed E-state index contributed by atoms with van der Waals surface area (Å²) in [5, 5.41) is 10.9. The molecule has 0 fully saturated rings. The molecule has 0 bridgehead atoms. The summed E-state index contributed by atoms with van der Waals surface area (Å²) in [6.45, 7) is 1.46. The number of aryl methyl sites for hydroxylation is 1. The lowest BCUT2D eigenvalue weighted by Gasteiger charge is -2.13. The van der Waals surface area contributed by atoms with Gasteiger partial charge in [-0.25, -0.2) is 14.0 Å². The number of fused-ring (bicyclic) bond motifs is 1. The molecule has 0 unspecified atom stereocenters. The Labute approximate surface area is 168 Å². The van der Waals surface area contributed by atoms with Gasteiger partial charge in [-0.1, -0.05) is 12.1 Å². The fraction of sp³-hybridized carbons (Fsp3) is 0.200. The highest BCUT2D eigenvalue weighted by atomic mass is 19.1. The summed E-state index contributed by atoms with van der Waals surface area (Å²) in [6.07, 6.45) is -1.07. The number of nitrogens with zero attached hydrogens (tertiary/aromatic N) is 2. The lowest BCUT2D eigenvalue weighted by atomic mass is 9.98. The van der Waals surface area contributed by atoms with Gasteiger partial charge in [0.25, 0.3) is 0 Å². The third-order valence-electron chi connectivity index (χ3n) is 4.50. The topological polar surface area (TPSA) is 103 Å². The van der Waals surface area contributed by atoms with E-state index in [4.69, 9.17) is 9.15 Å². The number of benzene rings is 2. The fourth-order valence-electron chi connectivity index (χ4n) is 2.96. The van der Waals surface area contributed by atoms with Crippen molar-refractivity contribution in [3.8, 4) is 5.75 Å². The monoisotopic (exact) mass is 418 g/mol. The molecule has 0 atom stereocenters. The Morgan fingerprint density at radius 3 is 2.60 bits per heavy atom. The van der Waals surface area contributed by atoms with Crippen molar-refractivity contribution in [2.75, 3.05) is 14.1 Å². The van der Waals surface area contributed by atoms with Gasteiger partial charge in [0.05, 0.1) is 10.3 Å². The van der Waals surface area contributed by atoms with Crippen LogP contribution in [0.5, 0.6) is 5.75 Å². The summed E-state index contributed by atoms with van der Waals surface area (Å²) in [4.78, 5) is 35.3. The highest BCUT2D eigenvalue weighted by Crippen LogP contribution is 2.29. The average molecular weight is 418 g/mol. The van der Waals surface area contributed by atoms with Crippen molar-refractivity contribution >= 4 is 22.7 Å². The van der Waals surface area contributed by atoms with E-state index in [9.17, 15) is 28.5 Å². The predicted octanol–water partition coefficient (Wildman–Crippen LogP) is 3.94. The Bertz CT molecular complexity index is 1240. The molecule has 0 saturated heterocycles. The van der Waals surface area contributed by atoms with E-state index in [-0.39, 0.29) is 39.8 Å². The Hall–Kier alpha value is -3.82. The number of nitro benzene ring substituents is 1. The molecule has 0 aliphatic heterocycles. The Kier molecular flexibility index (Phi) is 5.50. The zero-order chi connectivity index (χ0) is 22.2. The van der Waals surface area contributed by atoms with Gasteiger partial charge in [-0.2, -0.15) is 4.39 Å². The number of hydrogen-bond acceptors (Lipinski definition) is 6. The van der Waals surface area contributed by atoms with E-state index in [0.717, 1.165) is 17.0 Å². The molecule has 10 heteroatoms. The van der Waals surface area contributed by atoms with Crippen LogP contribution in [0.3, 0.4) is 0 Å². The number of carbonyl (C=O) groups is 1. The number of rotatable bonds is 4. The Balaban J connectivity index is 2.09. The van der Waals surface area contributed by atoms with Crippen LogP contribution >= 0.6 is 0 Å². The molecule has 3 aromatic rings. The van der Waals surface area contributed by atoms with Crippen LogP contribution < -0.4 is 10.4 Å². The van der Waals surface area contributed by atoms with E-state index in [1.165, 1.54) is 39.2 Å². The van der Waals surface area contributed by atoms with Gasteiger partial charge in [-0.05, 0) is 18.1 Å². The van der Waals surface area contributed by atoms with Gasteiger partial charge in [-0.3, -0.25) is 10.1 Å². The van der Waals surface area contributed by atoms with Crippen molar-refractivity contribution in [2.45, 2.75) is 13.3 Å². The molecule has 0 aliphatic rings. The molecule has 0 radical (unpaired) electrons. The van der Waals surface area contributed by atoms with Crippen LogP contribution in [0.2, 0.25) is 0 Å². The second kappa shape index (κ2) is 7.90. The highest BCUT2D eigenvalue weighted by molar-refractivity contribution is 5.84. The first-order valence-electron chi connectivity index (χ1n) is 8.67. The molecule has 2 aromatic carbocycles. The molecule has 0 saturated carbocycles. The standard InChI is InChI=1S/C20H16F2N2O6/c1-10-13(7-11-5-4-6-15(18(11)22)24(27)28)19(25)30-16-9-12(8-14(21)17(10)16)29-20(26)23(2)3/h4-6,8-9H,7H2,1-3H3. The van der Waals surface area contributed by atoms with Gasteiger partial charge in [0.15, 0.2) is 0 Å². The SMILES string of the molecule is Cc1c(Cc2cccc([N+](=O)[O-])c2F)c(=O)oc2cc(OC(=O)N(C)C)cc(F)c12. The van der Waals surface area contributed by atoms with Gasteiger partial charge >= 0.3 is 17.4 Å². The van der Waals surface area contributed by atoms with Crippen molar-refractivity contribution in [3.63, 3.8) is 0 Å². The molecule has 156 valence electrons. The Morgan fingerprint density at radius 2 is 1.97 bits per heavy atom. The maximum atomic E-state index is 14.7. The van der Waals surface area contributed by atoms with E-state index in [1.54, 1.807) is 0 Å². The largest absolute Gasteiger partial charge is 0.422 e. The average Bonchev–Trinajstić information content (AvgIpc) is 2.65. The van der Waals surface area contributed by atoms with E-state index in [0.29, 0.717) is 0 Å². The number of amides is 1. The summed E-state index contributed by atoms with van der Waals surface area (Å²) >= 11 is 0. The van der Waals surface area contributed by atoms with Crippen LogP contribution in [-0.2, 0) is 6.42 Å². The Morgan fingerprint density at radius 1 is 1.27 bits per heavy atom. The molecule has 8 nitrogen and oxygen atoms in total. The maximum absolute atomic E-state index is 14.7. The third-order valence-corrected chi connectivity index (χ3v) is 4.50. The van der Waals surface area contributed by atoms with E-state index in [2.05, 4.69) is 0 Å². The second-order valence-corrected chi connectivity index (χ2v) is 6.72. The molecule has 0 spiro atoms. The van der Waals surface area contributed by atoms with Crippen LogP contribution in [0.15, 0.2) is 39.5 Å². The first kappa shape index (κ1) is 20.9. The first-order valence-corrected chi connectivity index (χ1v) is 8.67. The lowest BCUT2D eigenvalue weighted by molar-refractivity contribution is -0.387. The van der Waals surface area contributed by atoms with Crippen LogP contribution in [-0.4, -0.2) is 30.0 Å². The summed E-state index contributed by atoms with van der Waals surface area (Å²) < 4.78 is 39.3. The van der Waals surface area contributed by atoms with Gasteiger partial charge < -0.3 is 14.1 Å². The molecule has 30 heavy (non-hydrogen) atoms. The van der Waals surface area contributed by atoms with Gasteiger partial charge in [0, 0.05) is 44.3 Å². The minimum absolute atomic E-state index is 0.0416. The zero-order valence-corrected chi connectivity index (χ0v) is 16.2. The summed E-state index contributed by atoms with van der Waals surface area (Å²) in [6, 6.07) is 5.76. The molecular formula is C20H16F2N2O6. The normalized spacial score (nSPS) is 10.8. The second-order valence-electron chi connectivity index (χ2n) is 6.72. The quantitative estimate of drug-likeness (QED) is 0.361. The first-order chi connectivity index (χ1) is 14.1. The minimum Gasteiger partial charge on any atom is -0.422 e. The summed E-state index contributed by atoms with van der Waals surface area (Å²) in [5.41, 5.74) is -1.69. The number of halogens is 2. The number of nitro groups is 1. The van der Waals surface area contributed by atoms with Crippen molar-refractivity contribution in [1.29, 1.82) is 0 Å². The summed E-state index contributed by atoms with van der Waals surface area (Å²) in [5.74, 6) is -2.04. The highest BCUT2D eigenvalue weighted by Gasteiger charge is 2.22. The van der Waals surface area contributed by atoms with Crippen LogP contribution in [0.1, 0.15) is 16.7 Å². The lowest BCUT2D eigenvalue weighted by Crippen LogP contribution is -2.25. The smallest absolute Gasteiger partial charge is 0.414 e. The van der Waals surface area contributed by atoms with Crippen LogP contribution in [0.25, 0.3) is 11.0 Å². The molecule has 1 aromatic heterocycles. The van der Waals surface area contributed by atoms with Crippen molar-refractivity contribution in [3.05, 3.63) is 79.2 Å². The van der Waals surface area contributed by atoms with Gasteiger partial charge in [0.2, 0.25) is 5.82 Å². The molecule has 0 aliphatic carbocycles. The molecule has 0 N–H and O–H groups in total. The summed E-state index contributed by atoms with van der Waals surface area (Å²) in [7, 11) is 2.90. The molecular weight excluding hydrogens is 402 g/mol. The fourth-order valence-corrected chi connectivity index (χ4v) is 2.96. The number of ether oxygens (including phenoxy) is 1. The number of carbonyl (C=O) groups excluding carboxylic acids is 1. The molecule has 3 rings (SSSR count). The third kappa shape index (κ3) is 3.84. The van der Waals surface area contributed by atoms with Crippen LogP contribution in [0.4, 0.5) is 19.3 Å².